The van der Waals surface area contributed by atoms with Crippen LogP contribution in [-0.4, -0.2) is 43.3 Å². The van der Waals surface area contributed by atoms with Crippen LogP contribution >= 0.6 is 35.0 Å². The van der Waals surface area contributed by atoms with Gasteiger partial charge in [-0.3, -0.25) is 14.9 Å². The van der Waals surface area contributed by atoms with E-state index in [1.807, 2.05) is 0 Å². The second-order valence-electron chi connectivity index (χ2n) is 6.27. The number of sulfone groups is 1. The van der Waals surface area contributed by atoms with Crippen LogP contribution in [0.3, 0.4) is 0 Å². The van der Waals surface area contributed by atoms with Crippen molar-refractivity contribution in [1.29, 1.82) is 0 Å². The molecule has 3 N–H and O–H groups in total. The highest BCUT2D eigenvalue weighted by atomic mass is 35.5. The summed E-state index contributed by atoms with van der Waals surface area (Å²) >= 11 is 12.5. The highest BCUT2D eigenvalue weighted by Crippen LogP contribution is 2.22. The Labute approximate surface area is 186 Å². The van der Waals surface area contributed by atoms with E-state index in [0.717, 1.165) is 17.8 Å². The van der Waals surface area contributed by atoms with Crippen LogP contribution in [-0.2, 0) is 19.4 Å². The fourth-order valence-electron chi connectivity index (χ4n) is 2.66. The van der Waals surface area contributed by atoms with Crippen molar-refractivity contribution in [3.63, 3.8) is 0 Å². The number of nitrogens with one attached hydrogen (secondary N) is 3. The SMILES string of the molecule is O=C(CSC1NCC(S(=O)(=O)c2ccc(Cl)cc2)C(=O)N1)Nc1ccc(Cl)cc1F. The molecule has 0 spiro atoms. The summed E-state index contributed by atoms with van der Waals surface area (Å²) < 4.78 is 39.1. The standard InChI is InChI=1S/C18H16Cl2FN3O4S2/c19-10-1-4-12(5-2-10)30(27,28)15-8-22-18(24-17(15)26)29-9-16(25)23-14-6-3-11(20)7-13(14)21/h1-7,15,18,22H,8-9H2,(H,23,25)(H,24,26). The number of rotatable bonds is 6. The van der Waals surface area contributed by atoms with E-state index in [0.29, 0.717) is 5.02 Å². The number of anilines is 1. The molecule has 12 heteroatoms. The molecule has 2 atom stereocenters. The van der Waals surface area contributed by atoms with Crippen molar-refractivity contribution in [2.75, 3.05) is 17.6 Å². The first kappa shape index (κ1) is 22.8. The molecule has 3 rings (SSSR count). The van der Waals surface area contributed by atoms with Gasteiger partial charge in [0.1, 0.15) is 11.3 Å². The number of carbonyl (C=O) groups is 2. The number of carbonyl (C=O) groups excluding carboxylic acids is 2. The summed E-state index contributed by atoms with van der Waals surface area (Å²) in [4.78, 5) is 24.4. The number of thioether (sulfide) groups is 1. The molecule has 0 radical (unpaired) electrons. The Bertz CT molecular complexity index is 1070. The van der Waals surface area contributed by atoms with E-state index < -0.39 is 38.2 Å². The number of hydrogen-bond donors (Lipinski definition) is 3. The van der Waals surface area contributed by atoms with Gasteiger partial charge in [0, 0.05) is 16.6 Å². The average Bonchev–Trinajstić information content (AvgIpc) is 2.69. The molecule has 2 aromatic rings. The van der Waals surface area contributed by atoms with E-state index in [2.05, 4.69) is 16.0 Å². The Balaban J connectivity index is 1.54. The largest absolute Gasteiger partial charge is 0.331 e. The summed E-state index contributed by atoms with van der Waals surface area (Å²) in [5.74, 6) is -1.94. The lowest BCUT2D eigenvalue weighted by atomic mass is 10.3. The number of hydrogen-bond acceptors (Lipinski definition) is 6. The van der Waals surface area contributed by atoms with Crippen LogP contribution in [0.25, 0.3) is 0 Å². The minimum Gasteiger partial charge on any atom is -0.331 e. The highest BCUT2D eigenvalue weighted by molar-refractivity contribution is 8.00. The molecule has 30 heavy (non-hydrogen) atoms. The van der Waals surface area contributed by atoms with Gasteiger partial charge in [-0.25, -0.2) is 12.8 Å². The number of halogens is 3. The second kappa shape index (κ2) is 9.52. The highest BCUT2D eigenvalue weighted by Gasteiger charge is 2.38. The number of benzene rings is 2. The zero-order valence-electron chi connectivity index (χ0n) is 15.2. The fourth-order valence-corrected chi connectivity index (χ4v) is 5.25. The maximum atomic E-state index is 13.7. The molecule has 0 saturated carbocycles. The van der Waals surface area contributed by atoms with Gasteiger partial charge in [-0.15, -0.1) is 11.8 Å². The molecule has 1 aliphatic heterocycles. The van der Waals surface area contributed by atoms with E-state index in [9.17, 15) is 22.4 Å². The third kappa shape index (κ3) is 5.44. The first-order valence-corrected chi connectivity index (χ1v) is 11.9. The Hall–Kier alpha value is -1.85. The molecule has 2 amide bonds. The predicted octanol–water partition coefficient (Wildman–Crippen LogP) is 2.65. The Kier molecular flexibility index (Phi) is 7.25. The van der Waals surface area contributed by atoms with Crippen molar-refractivity contribution in [2.24, 2.45) is 0 Å². The summed E-state index contributed by atoms with van der Waals surface area (Å²) in [6, 6.07) is 9.41. The molecular weight excluding hydrogens is 476 g/mol. The van der Waals surface area contributed by atoms with Crippen LogP contribution in [0.2, 0.25) is 10.0 Å². The lowest BCUT2D eigenvalue weighted by molar-refractivity contribution is -0.122. The van der Waals surface area contributed by atoms with Crippen molar-refractivity contribution in [1.82, 2.24) is 10.6 Å². The summed E-state index contributed by atoms with van der Waals surface area (Å²) in [7, 11) is -3.91. The lowest BCUT2D eigenvalue weighted by Crippen LogP contribution is -2.59. The third-order valence-corrected chi connectivity index (χ3v) is 7.75. The summed E-state index contributed by atoms with van der Waals surface area (Å²) in [6.45, 7) is -0.123. The van der Waals surface area contributed by atoms with Gasteiger partial charge in [0.2, 0.25) is 11.8 Å². The van der Waals surface area contributed by atoms with E-state index in [1.165, 1.54) is 36.4 Å². The van der Waals surface area contributed by atoms with Gasteiger partial charge in [-0.1, -0.05) is 23.2 Å². The van der Waals surface area contributed by atoms with Crippen molar-refractivity contribution in [3.8, 4) is 0 Å². The molecule has 160 valence electrons. The van der Waals surface area contributed by atoms with E-state index in [-0.39, 0.29) is 27.9 Å². The van der Waals surface area contributed by atoms with Crippen LogP contribution in [0.4, 0.5) is 10.1 Å². The summed E-state index contributed by atoms with van der Waals surface area (Å²) in [6.07, 6.45) is 0. The second-order valence-corrected chi connectivity index (χ2v) is 10.4. The van der Waals surface area contributed by atoms with Crippen LogP contribution in [0.1, 0.15) is 0 Å². The van der Waals surface area contributed by atoms with E-state index >= 15 is 0 Å². The molecular formula is C18H16Cl2FN3O4S2. The zero-order chi connectivity index (χ0) is 21.9. The van der Waals surface area contributed by atoms with Crippen molar-refractivity contribution in [3.05, 3.63) is 58.3 Å². The molecule has 1 heterocycles. The first-order valence-electron chi connectivity index (χ1n) is 8.56. The Morgan fingerprint density at radius 3 is 2.47 bits per heavy atom. The quantitative estimate of drug-likeness (QED) is 0.573. The predicted molar refractivity (Wildman–Crippen MR) is 115 cm³/mol. The summed E-state index contributed by atoms with van der Waals surface area (Å²) in [5, 5.41) is 7.09. The van der Waals surface area contributed by atoms with Gasteiger partial charge < -0.3 is 10.6 Å². The lowest BCUT2D eigenvalue weighted by Gasteiger charge is -2.29. The molecule has 1 aliphatic rings. The summed E-state index contributed by atoms with van der Waals surface area (Å²) in [5.41, 5.74) is -0.685. The van der Waals surface area contributed by atoms with E-state index in [1.54, 1.807) is 0 Å². The van der Waals surface area contributed by atoms with Crippen LogP contribution in [0.15, 0.2) is 47.4 Å². The van der Waals surface area contributed by atoms with Gasteiger partial charge in [0.05, 0.1) is 16.3 Å². The van der Waals surface area contributed by atoms with Crippen molar-refractivity contribution in [2.45, 2.75) is 15.6 Å². The van der Waals surface area contributed by atoms with Gasteiger partial charge in [0.25, 0.3) is 0 Å². The van der Waals surface area contributed by atoms with Crippen molar-refractivity contribution >= 4 is 62.3 Å². The molecule has 1 fully saturated rings. The first-order chi connectivity index (χ1) is 14.2. The monoisotopic (exact) mass is 491 g/mol. The maximum absolute atomic E-state index is 13.7. The smallest absolute Gasteiger partial charge is 0.241 e. The van der Waals surface area contributed by atoms with Gasteiger partial charge in [0.15, 0.2) is 15.1 Å². The topological polar surface area (TPSA) is 104 Å². The average molecular weight is 492 g/mol. The molecule has 7 nitrogen and oxygen atoms in total. The molecule has 1 saturated heterocycles. The minimum absolute atomic E-state index is 0.00989. The molecule has 2 unspecified atom stereocenters. The molecule has 0 bridgehead atoms. The van der Waals surface area contributed by atoms with Gasteiger partial charge in [-0.05, 0) is 42.5 Å². The van der Waals surface area contributed by atoms with Crippen LogP contribution in [0.5, 0.6) is 0 Å². The van der Waals surface area contributed by atoms with Crippen LogP contribution in [0, 0.1) is 5.82 Å². The fraction of sp³-hybridized carbons (Fsp3) is 0.222. The van der Waals surface area contributed by atoms with Gasteiger partial charge in [-0.2, -0.15) is 0 Å². The van der Waals surface area contributed by atoms with Crippen molar-refractivity contribution < 1.29 is 22.4 Å². The van der Waals surface area contributed by atoms with E-state index in [4.69, 9.17) is 23.2 Å². The van der Waals surface area contributed by atoms with Crippen LogP contribution < -0.4 is 16.0 Å². The molecule has 2 aromatic carbocycles. The maximum Gasteiger partial charge on any atom is 0.241 e. The Morgan fingerprint density at radius 2 is 1.83 bits per heavy atom. The Morgan fingerprint density at radius 1 is 1.17 bits per heavy atom. The number of amides is 2. The minimum atomic E-state index is -3.91. The molecule has 0 aromatic heterocycles. The molecule has 0 aliphatic carbocycles. The zero-order valence-corrected chi connectivity index (χ0v) is 18.3. The third-order valence-electron chi connectivity index (χ3n) is 4.16. The normalized spacial score (nSPS) is 19.2. The van der Waals surface area contributed by atoms with Gasteiger partial charge >= 0.3 is 0 Å².